The molecule has 8 nitrogen and oxygen atoms in total. The maximum Gasteiger partial charge on any atom is 0.325 e. The number of nitrogens with one attached hydrogen (secondary N) is 1. The molecule has 1 atom stereocenters. The van der Waals surface area contributed by atoms with Gasteiger partial charge in [-0.15, -0.1) is 16.4 Å². The largest absolute Gasteiger partial charge is 0.325 e. The number of carbonyl (C=O) groups is 2. The Morgan fingerprint density at radius 3 is 2.80 bits per heavy atom. The van der Waals surface area contributed by atoms with Gasteiger partial charge in [0.05, 0.1) is 22.9 Å². The van der Waals surface area contributed by atoms with Gasteiger partial charge in [0.1, 0.15) is 6.04 Å². The molecule has 1 saturated heterocycles. The normalized spacial score (nSPS) is 20.6. The van der Waals surface area contributed by atoms with Crippen LogP contribution in [0.25, 0.3) is 0 Å². The number of imide groups is 1. The fourth-order valence-corrected chi connectivity index (χ4v) is 3.79. The van der Waals surface area contributed by atoms with E-state index in [9.17, 15) is 9.59 Å². The predicted octanol–water partition coefficient (Wildman–Crippen LogP) is 1.86. The average molecular weight is 360 g/mol. The van der Waals surface area contributed by atoms with Crippen molar-refractivity contribution in [1.29, 1.82) is 0 Å². The highest BCUT2D eigenvalue weighted by Crippen LogP contribution is 2.41. The van der Waals surface area contributed by atoms with Gasteiger partial charge in [-0.1, -0.05) is 5.21 Å². The van der Waals surface area contributed by atoms with E-state index in [0.717, 1.165) is 10.7 Å². The van der Waals surface area contributed by atoms with Crippen molar-refractivity contribution in [2.45, 2.75) is 57.7 Å². The quantitative estimate of drug-likeness (QED) is 0.794. The zero-order valence-electron chi connectivity index (χ0n) is 14.2. The van der Waals surface area contributed by atoms with Gasteiger partial charge in [-0.05, 0) is 26.7 Å². The molecule has 3 amide bonds. The lowest BCUT2D eigenvalue weighted by molar-refractivity contribution is -0.127. The van der Waals surface area contributed by atoms with E-state index in [1.807, 2.05) is 25.4 Å². The molecule has 0 bridgehead atoms. The standard InChI is InChI=1S/C16H20N6O2S/c1-9(2)22-7-11(19-20-22)5-13-15(23)21(16(24)18-13)6-12-8-25-14(17-12)10-3-4-10/h7-10,13H,3-6H2,1-2H3,(H,18,24)/t13-/m0/s1. The molecule has 1 aliphatic carbocycles. The second kappa shape index (κ2) is 6.21. The molecule has 132 valence electrons. The number of hydrogen-bond acceptors (Lipinski definition) is 6. The molecular formula is C16H20N6O2S. The fourth-order valence-electron chi connectivity index (χ4n) is 2.81. The number of urea groups is 1. The Morgan fingerprint density at radius 2 is 2.12 bits per heavy atom. The summed E-state index contributed by atoms with van der Waals surface area (Å²) in [6.45, 7) is 4.24. The Labute approximate surface area is 149 Å². The average Bonchev–Trinajstić information content (AvgIpc) is 3.03. The third-order valence-corrected chi connectivity index (χ3v) is 5.48. The topological polar surface area (TPSA) is 93.0 Å². The van der Waals surface area contributed by atoms with Crippen molar-refractivity contribution in [3.8, 4) is 0 Å². The van der Waals surface area contributed by atoms with Crippen molar-refractivity contribution in [2.24, 2.45) is 0 Å². The SMILES string of the molecule is CC(C)n1cc(C[C@@H]2NC(=O)N(Cc3csc(C4CC4)n3)C2=O)nn1. The smallest absolute Gasteiger partial charge is 0.325 e. The van der Waals surface area contributed by atoms with Crippen LogP contribution in [0.5, 0.6) is 0 Å². The molecule has 1 saturated carbocycles. The van der Waals surface area contributed by atoms with Crippen molar-refractivity contribution in [3.05, 3.63) is 28.0 Å². The Kier molecular flexibility index (Phi) is 4.03. The van der Waals surface area contributed by atoms with Crippen LogP contribution in [-0.2, 0) is 17.8 Å². The maximum absolute atomic E-state index is 12.6. The summed E-state index contributed by atoms with van der Waals surface area (Å²) in [5.74, 6) is 0.350. The van der Waals surface area contributed by atoms with Gasteiger partial charge < -0.3 is 5.32 Å². The Hall–Kier alpha value is -2.29. The zero-order chi connectivity index (χ0) is 17.6. The minimum absolute atomic E-state index is 0.206. The summed E-state index contributed by atoms with van der Waals surface area (Å²) in [6, 6.07) is -0.754. The second-order valence-electron chi connectivity index (χ2n) is 6.87. The highest BCUT2D eigenvalue weighted by Gasteiger charge is 2.39. The van der Waals surface area contributed by atoms with Crippen molar-refractivity contribution < 1.29 is 9.59 Å². The first-order chi connectivity index (χ1) is 12.0. The van der Waals surface area contributed by atoms with Gasteiger partial charge in [0.15, 0.2) is 0 Å². The van der Waals surface area contributed by atoms with Crippen molar-refractivity contribution in [2.75, 3.05) is 0 Å². The monoisotopic (exact) mass is 360 g/mol. The van der Waals surface area contributed by atoms with E-state index in [0.29, 0.717) is 18.0 Å². The number of hydrogen-bond donors (Lipinski definition) is 1. The van der Waals surface area contributed by atoms with Gasteiger partial charge >= 0.3 is 6.03 Å². The maximum atomic E-state index is 12.6. The number of nitrogens with zero attached hydrogens (tertiary/aromatic N) is 5. The molecule has 2 aromatic heterocycles. The van der Waals surface area contributed by atoms with Crippen LogP contribution in [-0.4, -0.2) is 42.9 Å². The lowest BCUT2D eigenvalue weighted by Crippen LogP contribution is -2.32. The molecule has 3 heterocycles. The summed E-state index contributed by atoms with van der Waals surface area (Å²) in [5, 5.41) is 13.9. The van der Waals surface area contributed by atoms with Gasteiger partial charge in [0.2, 0.25) is 0 Å². The van der Waals surface area contributed by atoms with Crippen molar-refractivity contribution in [1.82, 2.24) is 30.2 Å². The minimum Gasteiger partial charge on any atom is -0.325 e. The zero-order valence-corrected chi connectivity index (χ0v) is 15.0. The van der Waals surface area contributed by atoms with Crippen LogP contribution in [0.3, 0.4) is 0 Å². The van der Waals surface area contributed by atoms with E-state index in [4.69, 9.17) is 0 Å². The summed E-state index contributed by atoms with van der Waals surface area (Å²) in [5.41, 5.74) is 1.47. The highest BCUT2D eigenvalue weighted by atomic mass is 32.1. The molecule has 0 aromatic carbocycles. The first-order valence-corrected chi connectivity index (χ1v) is 9.36. The third kappa shape index (κ3) is 3.28. The summed E-state index contributed by atoms with van der Waals surface area (Å²) in [7, 11) is 0. The van der Waals surface area contributed by atoms with Crippen LogP contribution < -0.4 is 5.32 Å². The summed E-state index contributed by atoms with van der Waals surface area (Å²) in [6.07, 6.45) is 4.54. The van der Waals surface area contributed by atoms with Crippen LogP contribution in [0.4, 0.5) is 4.79 Å². The van der Waals surface area contributed by atoms with Crippen molar-refractivity contribution in [3.63, 3.8) is 0 Å². The molecule has 0 unspecified atom stereocenters. The highest BCUT2D eigenvalue weighted by molar-refractivity contribution is 7.09. The van der Waals surface area contributed by atoms with Gasteiger partial charge in [0.25, 0.3) is 5.91 Å². The number of carbonyl (C=O) groups excluding carboxylic acids is 2. The Morgan fingerprint density at radius 1 is 1.32 bits per heavy atom. The van der Waals surface area contributed by atoms with Crippen LogP contribution in [0.15, 0.2) is 11.6 Å². The molecule has 4 rings (SSSR count). The molecule has 1 N–H and O–H groups in total. The van der Waals surface area contributed by atoms with Crippen molar-refractivity contribution >= 4 is 23.3 Å². The predicted molar refractivity (Wildman–Crippen MR) is 91.1 cm³/mol. The van der Waals surface area contributed by atoms with E-state index in [-0.39, 0.29) is 24.5 Å². The molecule has 2 aliphatic rings. The van der Waals surface area contributed by atoms with E-state index < -0.39 is 6.04 Å². The number of rotatable bonds is 6. The Bertz CT molecular complexity index is 809. The molecule has 0 spiro atoms. The Balaban J connectivity index is 1.41. The third-order valence-electron chi connectivity index (χ3n) is 4.42. The summed E-state index contributed by atoms with van der Waals surface area (Å²) in [4.78, 5) is 30.6. The van der Waals surface area contributed by atoms with E-state index in [2.05, 4.69) is 20.6 Å². The second-order valence-corrected chi connectivity index (χ2v) is 7.76. The molecule has 0 radical (unpaired) electrons. The van der Waals surface area contributed by atoms with Gasteiger partial charge in [-0.2, -0.15) is 0 Å². The van der Waals surface area contributed by atoms with E-state index in [1.54, 1.807) is 16.0 Å². The lowest BCUT2D eigenvalue weighted by atomic mass is 10.1. The molecule has 25 heavy (non-hydrogen) atoms. The summed E-state index contributed by atoms with van der Waals surface area (Å²) < 4.78 is 1.74. The van der Waals surface area contributed by atoms with Gasteiger partial charge in [-0.25, -0.2) is 14.5 Å². The number of thiazole rings is 1. The van der Waals surface area contributed by atoms with Crippen LogP contribution in [0, 0.1) is 0 Å². The van der Waals surface area contributed by atoms with Crippen LogP contribution in [0.1, 0.15) is 55.0 Å². The molecule has 9 heteroatoms. The molecular weight excluding hydrogens is 340 g/mol. The fraction of sp³-hybridized carbons (Fsp3) is 0.562. The lowest BCUT2D eigenvalue weighted by Gasteiger charge is -2.10. The first-order valence-electron chi connectivity index (χ1n) is 8.48. The molecule has 1 aliphatic heterocycles. The summed E-state index contributed by atoms with van der Waals surface area (Å²) >= 11 is 1.61. The van der Waals surface area contributed by atoms with E-state index in [1.165, 1.54) is 17.7 Å². The molecule has 2 fully saturated rings. The number of aromatic nitrogens is 4. The van der Waals surface area contributed by atoms with Gasteiger partial charge in [0, 0.05) is 30.0 Å². The van der Waals surface area contributed by atoms with Crippen LogP contribution in [0.2, 0.25) is 0 Å². The van der Waals surface area contributed by atoms with Crippen LogP contribution >= 0.6 is 11.3 Å². The molecule has 2 aromatic rings. The number of amides is 3. The first kappa shape index (κ1) is 16.2. The van der Waals surface area contributed by atoms with Gasteiger partial charge in [-0.3, -0.25) is 9.69 Å². The van der Waals surface area contributed by atoms with E-state index >= 15 is 0 Å². The minimum atomic E-state index is -0.591.